The van der Waals surface area contributed by atoms with Crippen LogP contribution in [0.5, 0.6) is 5.75 Å². The van der Waals surface area contributed by atoms with Gasteiger partial charge in [-0.1, -0.05) is 17.3 Å². The van der Waals surface area contributed by atoms with Crippen LogP contribution in [0.4, 0.5) is 0 Å². The second-order valence-corrected chi connectivity index (χ2v) is 5.58. The van der Waals surface area contributed by atoms with Gasteiger partial charge in [-0.25, -0.2) is 4.98 Å². The second-order valence-electron chi connectivity index (χ2n) is 5.58. The van der Waals surface area contributed by atoms with Crippen molar-refractivity contribution in [3.05, 3.63) is 60.5 Å². The average molecular weight is 305 g/mol. The molecule has 0 amide bonds. The molecule has 0 atom stereocenters. The summed E-state index contributed by atoms with van der Waals surface area (Å²) in [5.74, 6) is 1.02. The van der Waals surface area contributed by atoms with Gasteiger partial charge < -0.3 is 14.0 Å². The van der Waals surface area contributed by atoms with Crippen LogP contribution >= 0.6 is 0 Å². The van der Waals surface area contributed by atoms with Crippen LogP contribution in [0.3, 0.4) is 0 Å². The number of hydrogen-bond acceptors (Lipinski definition) is 4. The quantitative estimate of drug-likeness (QED) is 0.608. The van der Waals surface area contributed by atoms with Crippen molar-refractivity contribution in [1.29, 1.82) is 0 Å². The largest absolute Gasteiger partial charge is 0.508 e. The lowest BCUT2D eigenvalue weighted by Crippen LogP contribution is -1.91. The zero-order valence-electron chi connectivity index (χ0n) is 12.8. The molecule has 5 nitrogen and oxygen atoms in total. The Morgan fingerprint density at radius 3 is 2.74 bits per heavy atom. The fourth-order valence-corrected chi connectivity index (χ4v) is 2.94. The number of pyridine rings is 1. The fraction of sp³-hybridized carbons (Fsp3) is 0.111. The number of phenolic OH excluding ortho intramolecular Hbond substituents is 1. The predicted octanol–water partition coefficient (Wildman–Crippen LogP) is 3.98. The maximum Gasteiger partial charge on any atom is 0.141 e. The van der Waals surface area contributed by atoms with E-state index >= 15 is 0 Å². The molecule has 1 N–H and O–H groups in total. The summed E-state index contributed by atoms with van der Waals surface area (Å²) < 4.78 is 7.29. The minimum atomic E-state index is 0.243. The number of aryl methyl sites for hydroxylation is 2. The van der Waals surface area contributed by atoms with Crippen LogP contribution in [-0.2, 0) is 0 Å². The van der Waals surface area contributed by atoms with E-state index in [-0.39, 0.29) is 5.75 Å². The van der Waals surface area contributed by atoms with E-state index in [0.717, 1.165) is 39.2 Å². The van der Waals surface area contributed by atoms with Crippen LogP contribution < -0.4 is 0 Å². The first kappa shape index (κ1) is 13.6. The van der Waals surface area contributed by atoms with Crippen LogP contribution in [0, 0.1) is 13.8 Å². The van der Waals surface area contributed by atoms with Crippen molar-refractivity contribution in [2.75, 3.05) is 0 Å². The molecule has 0 bridgehead atoms. The van der Waals surface area contributed by atoms with E-state index in [2.05, 4.69) is 16.2 Å². The highest BCUT2D eigenvalue weighted by Gasteiger charge is 2.16. The minimum absolute atomic E-state index is 0.243. The SMILES string of the molecule is Cc1noc(C)c1-c1cc(-c2cccc(O)c2)cn2cncc12. The summed E-state index contributed by atoms with van der Waals surface area (Å²) in [6.45, 7) is 3.84. The molecule has 0 saturated heterocycles. The van der Waals surface area contributed by atoms with Crippen molar-refractivity contribution >= 4 is 5.52 Å². The Balaban J connectivity index is 2.02. The van der Waals surface area contributed by atoms with Crippen LogP contribution in [0.1, 0.15) is 11.5 Å². The van der Waals surface area contributed by atoms with Crippen molar-refractivity contribution in [3.8, 4) is 28.0 Å². The van der Waals surface area contributed by atoms with E-state index in [9.17, 15) is 5.11 Å². The van der Waals surface area contributed by atoms with Gasteiger partial charge in [-0.15, -0.1) is 0 Å². The molecule has 114 valence electrons. The van der Waals surface area contributed by atoms with Gasteiger partial charge in [0, 0.05) is 17.3 Å². The third kappa shape index (κ3) is 2.17. The van der Waals surface area contributed by atoms with E-state index in [4.69, 9.17) is 4.52 Å². The number of nitrogens with zero attached hydrogens (tertiary/aromatic N) is 3. The number of fused-ring (bicyclic) bond motifs is 1. The van der Waals surface area contributed by atoms with Crippen molar-refractivity contribution in [2.24, 2.45) is 0 Å². The summed E-state index contributed by atoms with van der Waals surface area (Å²) in [5.41, 5.74) is 5.76. The Bertz CT molecular complexity index is 995. The second kappa shape index (κ2) is 4.98. The Hall–Kier alpha value is -3.08. The number of phenols is 1. The molecule has 4 aromatic rings. The monoisotopic (exact) mass is 305 g/mol. The number of imidazole rings is 1. The maximum absolute atomic E-state index is 9.75. The predicted molar refractivity (Wildman–Crippen MR) is 87.3 cm³/mol. The summed E-state index contributed by atoms with van der Waals surface area (Å²) in [4.78, 5) is 4.25. The molecule has 3 aromatic heterocycles. The first-order chi connectivity index (χ1) is 11.1. The van der Waals surface area contributed by atoms with Crippen molar-refractivity contribution < 1.29 is 9.63 Å². The van der Waals surface area contributed by atoms with Gasteiger partial charge >= 0.3 is 0 Å². The van der Waals surface area contributed by atoms with Crippen LogP contribution in [0.2, 0.25) is 0 Å². The van der Waals surface area contributed by atoms with Gasteiger partial charge in [0.1, 0.15) is 11.5 Å². The number of rotatable bonds is 2. The van der Waals surface area contributed by atoms with Gasteiger partial charge in [0.2, 0.25) is 0 Å². The van der Waals surface area contributed by atoms with Gasteiger partial charge in [-0.2, -0.15) is 0 Å². The molecule has 1 aromatic carbocycles. The van der Waals surface area contributed by atoms with E-state index < -0.39 is 0 Å². The Morgan fingerprint density at radius 1 is 1.13 bits per heavy atom. The molecule has 23 heavy (non-hydrogen) atoms. The summed E-state index contributed by atoms with van der Waals surface area (Å²) in [6, 6.07) is 9.29. The first-order valence-corrected chi connectivity index (χ1v) is 7.32. The Morgan fingerprint density at radius 2 is 2.00 bits per heavy atom. The van der Waals surface area contributed by atoms with Crippen LogP contribution in [-0.4, -0.2) is 19.6 Å². The van der Waals surface area contributed by atoms with Gasteiger partial charge in [0.25, 0.3) is 0 Å². The van der Waals surface area contributed by atoms with E-state index in [0.29, 0.717) is 0 Å². The zero-order valence-corrected chi connectivity index (χ0v) is 12.8. The van der Waals surface area contributed by atoms with E-state index in [1.54, 1.807) is 18.5 Å². The number of aromatic hydroxyl groups is 1. The standard InChI is InChI=1S/C18H15N3O2/c1-11-18(12(2)23-20-11)16-7-14(9-21-10-19-8-17(16)21)13-4-3-5-15(22)6-13/h3-10,22H,1-2H3. The topological polar surface area (TPSA) is 63.6 Å². The molecule has 0 unspecified atom stereocenters. The summed E-state index contributed by atoms with van der Waals surface area (Å²) in [6.07, 6.45) is 5.59. The smallest absolute Gasteiger partial charge is 0.141 e. The molecular formula is C18H15N3O2. The van der Waals surface area contributed by atoms with Gasteiger partial charge in [0.05, 0.1) is 23.7 Å². The normalized spacial score (nSPS) is 11.2. The Kier molecular flexibility index (Phi) is 2.94. The van der Waals surface area contributed by atoms with Crippen molar-refractivity contribution in [1.82, 2.24) is 14.5 Å². The summed E-state index contributed by atoms with van der Waals surface area (Å²) in [5, 5.41) is 13.8. The summed E-state index contributed by atoms with van der Waals surface area (Å²) in [7, 11) is 0. The van der Waals surface area contributed by atoms with E-state index in [1.165, 1.54) is 0 Å². The third-order valence-electron chi connectivity index (χ3n) is 4.00. The first-order valence-electron chi connectivity index (χ1n) is 7.32. The van der Waals surface area contributed by atoms with E-state index in [1.807, 2.05) is 42.8 Å². The van der Waals surface area contributed by atoms with Crippen molar-refractivity contribution in [2.45, 2.75) is 13.8 Å². The zero-order chi connectivity index (χ0) is 16.0. The molecule has 0 aliphatic carbocycles. The number of aromatic nitrogens is 3. The van der Waals surface area contributed by atoms with Crippen LogP contribution in [0.15, 0.2) is 53.6 Å². The molecule has 0 aliphatic heterocycles. The lowest BCUT2D eigenvalue weighted by atomic mass is 9.99. The van der Waals surface area contributed by atoms with Crippen LogP contribution in [0.25, 0.3) is 27.8 Å². The number of hydrogen-bond donors (Lipinski definition) is 1. The molecule has 5 heteroatoms. The third-order valence-corrected chi connectivity index (χ3v) is 4.00. The van der Waals surface area contributed by atoms with Gasteiger partial charge in [-0.3, -0.25) is 0 Å². The van der Waals surface area contributed by atoms with Gasteiger partial charge in [-0.05, 0) is 43.2 Å². The summed E-state index contributed by atoms with van der Waals surface area (Å²) >= 11 is 0. The highest BCUT2D eigenvalue weighted by Crippen LogP contribution is 2.34. The molecule has 0 radical (unpaired) electrons. The maximum atomic E-state index is 9.75. The lowest BCUT2D eigenvalue weighted by molar-refractivity contribution is 0.393. The molecule has 3 heterocycles. The lowest BCUT2D eigenvalue weighted by Gasteiger charge is -2.09. The number of benzene rings is 1. The molecule has 0 saturated carbocycles. The molecule has 0 aliphatic rings. The molecule has 0 spiro atoms. The van der Waals surface area contributed by atoms with Crippen molar-refractivity contribution in [3.63, 3.8) is 0 Å². The Labute approximate surface area is 132 Å². The molecule has 4 rings (SSSR count). The fourth-order valence-electron chi connectivity index (χ4n) is 2.94. The minimum Gasteiger partial charge on any atom is -0.508 e. The molecule has 0 fully saturated rings. The molecular weight excluding hydrogens is 290 g/mol. The van der Waals surface area contributed by atoms with Gasteiger partial charge in [0.15, 0.2) is 0 Å². The highest BCUT2D eigenvalue weighted by atomic mass is 16.5. The average Bonchev–Trinajstić information content (AvgIpc) is 3.13. The highest BCUT2D eigenvalue weighted by molar-refractivity contribution is 5.86.